The van der Waals surface area contributed by atoms with Gasteiger partial charge in [0.1, 0.15) is 6.07 Å². The maximum Gasteiger partial charge on any atom is 0.169 e. The Labute approximate surface area is 88.3 Å². The lowest BCUT2D eigenvalue weighted by Gasteiger charge is -2.34. The molecule has 78 valence electrons. The fourth-order valence-corrected chi connectivity index (χ4v) is 1.67. The van der Waals surface area contributed by atoms with Gasteiger partial charge in [-0.25, -0.2) is 0 Å². The standard InChI is InChI=1S/C10H12N4O/c1-8-7-15-5-4-14(8)10-9(6-11)2-3-12-13-10/h2-3,8H,4-5,7H2,1H3. The van der Waals surface area contributed by atoms with Crippen molar-refractivity contribution in [2.24, 2.45) is 0 Å². The molecule has 1 aromatic rings. The Bertz CT molecular complexity index is 387. The van der Waals surface area contributed by atoms with Crippen LogP contribution in [0.4, 0.5) is 5.82 Å². The first-order valence-electron chi connectivity index (χ1n) is 4.89. The maximum atomic E-state index is 8.96. The largest absolute Gasteiger partial charge is 0.377 e. The Morgan fingerprint density at radius 3 is 3.27 bits per heavy atom. The number of hydrogen-bond acceptors (Lipinski definition) is 5. The number of aromatic nitrogens is 2. The molecule has 5 heteroatoms. The van der Waals surface area contributed by atoms with Crippen molar-refractivity contribution in [2.45, 2.75) is 13.0 Å². The van der Waals surface area contributed by atoms with Crippen molar-refractivity contribution < 1.29 is 4.74 Å². The summed E-state index contributed by atoms with van der Waals surface area (Å²) < 4.78 is 5.33. The first kappa shape index (κ1) is 9.87. The van der Waals surface area contributed by atoms with E-state index in [-0.39, 0.29) is 6.04 Å². The maximum absolute atomic E-state index is 8.96. The van der Waals surface area contributed by atoms with Crippen LogP contribution in [0.5, 0.6) is 0 Å². The van der Waals surface area contributed by atoms with Gasteiger partial charge in [-0.1, -0.05) is 0 Å². The van der Waals surface area contributed by atoms with Gasteiger partial charge in [-0.3, -0.25) is 0 Å². The molecule has 2 heterocycles. The molecule has 1 unspecified atom stereocenters. The zero-order valence-corrected chi connectivity index (χ0v) is 8.55. The van der Waals surface area contributed by atoms with E-state index in [1.165, 1.54) is 6.20 Å². The number of nitriles is 1. The van der Waals surface area contributed by atoms with E-state index in [1.54, 1.807) is 6.07 Å². The van der Waals surface area contributed by atoms with E-state index in [1.807, 2.05) is 0 Å². The summed E-state index contributed by atoms with van der Waals surface area (Å²) >= 11 is 0. The Balaban J connectivity index is 2.31. The van der Waals surface area contributed by atoms with E-state index >= 15 is 0 Å². The van der Waals surface area contributed by atoms with Gasteiger partial charge in [0.05, 0.1) is 31.0 Å². The summed E-state index contributed by atoms with van der Waals surface area (Å²) in [7, 11) is 0. The van der Waals surface area contributed by atoms with Gasteiger partial charge in [-0.15, -0.1) is 5.10 Å². The molecule has 1 aliphatic heterocycles. The predicted molar refractivity (Wildman–Crippen MR) is 54.4 cm³/mol. The highest BCUT2D eigenvalue weighted by Crippen LogP contribution is 2.19. The van der Waals surface area contributed by atoms with Crippen LogP contribution >= 0.6 is 0 Å². The molecule has 15 heavy (non-hydrogen) atoms. The van der Waals surface area contributed by atoms with Crippen molar-refractivity contribution in [3.8, 4) is 6.07 Å². The van der Waals surface area contributed by atoms with Crippen molar-refractivity contribution in [1.29, 1.82) is 5.26 Å². The quantitative estimate of drug-likeness (QED) is 0.669. The van der Waals surface area contributed by atoms with E-state index in [0.717, 1.165) is 6.54 Å². The van der Waals surface area contributed by atoms with Gasteiger partial charge in [0.25, 0.3) is 0 Å². The average Bonchev–Trinajstić information content (AvgIpc) is 2.30. The van der Waals surface area contributed by atoms with Crippen molar-refractivity contribution >= 4 is 5.82 Å². The second-order valence-corrected chi connectivity index (χ2v) is 3.50. The van der Waals surface area contributed by atoms with Gasteiger partial charge in [0.15, 0.2) is 5.82 Å². The third-order valence-corrected chi connectivity index (χ3v) is 2.46. The molecule has 0 saturated carbocycles. The minimum absolute atomic E-state index is 0.238. The molecule has 1 aromatic heterocycles. The fraction of sp³-hybridized carbons (Fsp3) is 0.500. The molecule has 0 bridgehead atoms. The van der Waals surface area contributed by atoms with Crippen LogP contribution in [-0.2, 0) is 4.74 Å². The molecule has 0 amide bonds. The van der Waals surface area contributed by atoms with Crippen LogP contribution in [0.25, 0.3) is 0 Å². The molecule has 0 aromatic carbocycles. The first-order chi connectivity index (χ1) is 7.33. The molecule has 5 nitrogen and oxygen atoms in total. The molecule has 0 aliphatic carbocycles. The summed E-state index contributed by atoms with van der Waals surface area (Å²) in [6.45, 7) is 4.15. The summed E-state index contributed by atoms with van der Waals surface area (Å²) in [6.07, 6.45) is 1.53. The highest BCUT2D eigenvalue weighted by atomic mass is 16.5. The second kappa shape index (κ2) is 4.24. The van der Waals surface area contributed by atoms with Gasteiger partial charge in [-0.2, -0.15) is 10.4 Å². The smallest absolute Gasteiger partial charge is 0.169 e. The van der Waals surface area contributed by atoms with Crippen LogP contribution < -0.4 is 4.90 Å². The van der Waals surface area contributed by atoms with E-state index in [0.29, 0.717) is 24.6 Å². The molecular formula is C10H12N4O. The van der Waals surface area contributed by atoms with Crippen molar-refractivity contribution in [1.82, 2.24) is 10.2 Å². The van der Waals surface area contributed by atoms with E-state index in [2.05, 4.69) is 28.1 Å². The molecule has 2 rings (SSSR count). The van der Waals surface area contributed by atoms with Crippen molar-refractivity contribution in [3.63, 3.8) is 0 Å². The zero-order valence-electron chi connectivity index (χ0n) is 8.55. The Morgan fingerprint density at radius 1 is 1.67 bits per heavy atom. The summed E-state index contributed by atoms with van der Waals surface area (Å²) in [4.78, 5) is 2.06. The lowest BCUT2D eigenvalue weighted by molar-refractivity contribution is 0.0984. The molecule has 0 radical (unpaired) electrons. The van der Waals surface area contributed by atoms with Crippen LogP contribution in [0.15, 0.2) is 12.3 Å². The molecule has 1 atom stereocenters. The number of morpholine rings is 1. The summed E-state index contributed by atoms with van der Waals surface area (Å²) in [5.74, 6) is 0.663. The summed E-state index contributed by atoms with van der Waals surface area (Å²) in [5.41, 5.74) is 0.568. The van der Waals surface area contributed by atoms with Gasteiger partial charge in [0, 0.05) is 6.54 Å². The van der Waals surface area contributed by atoms with Gasteiger partial charge in [-0.05, 0) is 13.0 Å². The highest BCUT2D eigenvalue weighted by Gasteiger charge is 2.22. The third kappa shape index (κ3) is 1.90. The normalized spacial score (nSPS) is 21.1. The zero-order chi connectivity index (χ0) is 10.7. The van der Waals surface area contributed by atoms with Crippen LogP contribution in [-0.4, -0.2) is 36.0 Å². The Kier molecular flexibility index (Phi) is 2.79. The second-order valence-electron chi connectivity index (χ2n) is 3.50. The third-order valence-electron chi connectivity index (χ3n) is 2.46. The summed E-state index contributed by atoms with van der Waals surface area (Å²) in [5, 5.41) is 16.8. The first-order valence-corrected chi connectivity index (χ1v) is 4.89. The average molecular weight is 204 g/mol. The van der Waals surface area contributed by atoms with Crippen molar-refractivity contribution in [2.75, 3.05) is 24.7 Å². The van der Waals surface area contributed by atoms with Crippen LogP contribution in [0, 0.1) is 11.3 Å². The minimum atomic E-state index is 0.238. The number of rotatable bonds is 1. The monoisotopic (exact) mass is 204 g/mol. The van der Waals surface area contributed by atoms with E-state index < -0.39 is 0 Å². The number of nitrogens with zero attached hydrogens (tertiary/aromatic N) is 4. The SMILES string of the molecule is CC1COCCN1c1nnccc1C#N. The number of hydrogen-bond donors (Lipinski definition) is 0. The molecule has 0 spiro atoms. The molecule has 1 aliphatic rings. The highest BCUT2D eigenvalue weighted by molar-refractivity contribution is 5.53. The Hall–Kier alpha value is -1.67. The number of ether oxygens (including phenoxy) is 1. The molecule has 0 N–H and O–H groups in total. The minimum Gasteiger partial charge on any atom is -0.377 e. The predicted octanol–water partition coefficient (Wildman–Crippen LogP) is 0.573. The lowest BCUT2D eigenvalue weighted by atomic mass is 10.2. The number of anilines is 1. The van der Waals surface area contributed by atoms with Crippen LogP contribution in [0.2, 0.25) is 0 Å². The molecule has 1 saturated heterocycles. The lowest BCUT2D eigenvalue weighted by Crippen LogP contribution is -2.44. The topological polar surface area (TPSA) is 62.0 Å². The van der Waals surface area contributed by atoms with Crippen LogP contribution in [0.1, 0.15) is 12.5 Å². The van der Waals surface area contributed by atoms with Gasteiger partial charge < -0.3 is 9.64 Å². The molecule has 1 fully saturated rings. The Morgan fingerprint density at radius 2 is 2.53 bits per heavy atom. The van der Waals surface area contributed by atoms with Gasteiger partial charge in [0.2, 0.25) is 0 Å². The van der Waals surface area contributed by atoms with Crippen LogP contribution in [0.3, 0.4) is 0 Å². The fourth-order valence-electron chi connectivity index (χ4n) is 1.67. The van der Waals surface area contributed by atoms with Crippen molar-refractivity contribution in [3.05, 3.63) is 17.8 Å². The molecular weight excluding hydrogens is 192 g/mol. The van der Waals surface area contributed by atoms with Gasteiger partial charge >= 0.3 is 0 Å². The summed E-state index contributed by atoms with van der Waals surface area (Å²) in [6, 6.07) is 4.05. The van der Waals surface area contributed by atoms with E-state index in [4.69, 9.17) is 10.00 Å². The van der Waals surface area contributed by atoms with E-state index in [9.17, 15) is 0 Å².